The van der Waals surface area contributed by atoms with Gasteiger partial charge in [0.25, 0.3) is 0 Å². The van der Waals surface area contributed by atoms with E-state index < -0.39 is 0 Å². The Kier molecular flexibility index (Phi) is 3.24. The van der Waals surface area contributed by atoms with Crippen LogP contribution in [0.1, 0.15) is 5.56 Å². The molecule has 7 heteroatoms. The Hall–Kier alpha value is -1.83. The largest absolute Gasteiger partial charge is 0.454 e. The van der Waals surface area contributed by atoms with Crippen molar-refractivity contribution in [2.75, 3.05) is 13.3 Å². The maximum atomic E-state index is 11.2. The molecule has 1 fully saturated rings. The molecule has 1 amide bonds. The lowest BCUT2D eigenvalue weighted by molar-refractivity contribution is -0.121. The Morgan fingerprint density at radius 3 is 3.11 bits per heavy atom. The monoisotopic (exact) mass is 264 g/mol. The van der Waals surface area contributed by atoms with E-state index in [0.29, 0.717) is 13.1 Å². The first-order valence-corrected chi connectivity index (χ1v) is 6.13. The highest BCUT2D eigenvalue weighted by atomic mass is 16.7. The van der Waals surface area contributed by atoms with E-state index in [1.165, 1.54) is 0 Å². The maximum absolute atomic E-state index is 11.2. The van der Waals surface area contributed by atoms with Gasteiger partial charge in [-0.2, -0.15) is 0 Å². The van der Waals surface area contributed by atoms with Crippen molar-refractivity contribution in [3.63, 3.8) is 0 Å². The third-order valence-corrected chi connectivity index (χ3v) is 3.31. The van der Waals surface area contributed by atoms with Crippen LogP contribution >= 0.6 is 0 Å². The van der Waals surface area contributed by atoms with Crippen molar-refractivity contribution in [3.8, 4) is 11.5 Å². The summed E-state index contributed by atoms with van der Waals surface area (Å²) >= 11 is 0. The molecule has 0 bridgehead atoms. The van der Waals surface area contributed by atoms with E-state index in [1.54, 1.807) is 0 Å². The zero-order valence-corrected chi connectivity index (χ0v) is 10.3. The molecule has 0 aliphatic carbocycles. The third kappa shape index (κ3) is 2.48. The van der Waals surface area contributed by atoms with Crippen LogP contribution in [0.5, 0.6) is 11.5 Å². The topological polar surface area (TPSA) is 97.6 Å². The summed E-state index contributed by atoms with van der Waals surface area (Å²) in [6.45, 7) is 1.41. The van der Waals surface area contributed by atoms with Gasteiger partial charge in [0.1, 0.15) is 0 Å². The normalized spacial score (nSPS) is 24.6. The smallest absolute Gasteiger partial charge is 0.231 e. The van der Waals surface area contributed by atoms with Crippen LogP contribution in [0.25, 0.3) is 0 Å². The molecule has 2 aliphatic rings. The third-order valence-electron chi connectivity index (χ3n) is 3.31. The average Bonchev–Trinajstić information content (AvgIpc) is 3.04. The minimum absolute atomic E-state index is 0.164. The van der Waals surface area contributed by atoms with Gasteiger partial charge in [0.05, 0.1) is 12.1 Å². The van der Waals surface area contributed by atoms with E-state index in [-0.39, 0.29) is 24.8 Å². The van der Waals surface area contributed by atoms with E-state index in [9.17, 15) is 4.79 Å². The number of nitrogens with two attached hydrogens (primary N) is 1. The van der Waals surface area contributed by atoms with Crippen LogP contribution in [0, 0.1) is 5.92 Å². The lowest BCUT2D eigenvalue weighted by Crippen LogP contribution is -2.46. The summed E-state index contributed by atoms with van der Waals surface area (Å²) in [6.07, 6.45) is -0.164. The predicted molar refractivity (Wildman–Crippen MR) is 67.0 cm³/mol. The summed E-state index contributed by atoms with van der Waals surface area (Å²) in [5.41, 5.74) is 12.3. The lowest BCUT2D eigenvalue weighted by atomic mass is 10.1. The van der Waals surface area contributed by atoms with E-state index in [4.69, 9.17) is 15.2 Å². The Balaban J connectivity index is 1.61. The summed E-state index contributed by atoms with van der Waals surface area (Å²) < 4.78 is 10.6. The lowest BCUT2D eigenvalue weighted by Gasteiger charge is -2.17. The van der Waals surface area contributed by atoms with E-state index in [2.05, 4.69) is 16.2 Å². The minimum atomic E-state index is -0.319. The number of nitrogens with one attached hydrogen (secondary N) is 3. The SMILES string of the molecule is NC(=O)C1CNNC1NCc1ccc2c(c1)OCO2. The summed E-state index contributed by atoms with van der Waals surface area (Å²) in [6, 6.07) is 5.77. The highest BCUT2D eigenvalue weighted by molar-refractivity contribution is 5.77. The molecule has 0 aromatic heterocycles. The second kappa shape index (κ2) is 5.04. The Labute approximate surface area is 110 Å². The molecule has 19 heavy (non-hydrogen) atoms. The minimum Gasteiger partial charge on any atom is -0.454 e. The first-order chi connectivity index (χ1) is 9.24. The number of fused-ring (bicyclic) bond motifs is 1. The number of primary amides is 1. The molecule has 2 unspecified atom stereocenters. The van der Waals surface area contributed by atoms with Crippen molar-refractivity contribution in [1.82, 2.24) is 16.2 Å². The zero-order chi connectivity index (χ0) is 13.2. The Morgan fingerprint density at radius 2 is 2.26 bits per heavy atom. The average molecular weight is 264 g/mol. The summed E-state index contributed by atoms with van der Waals surface area (Å²) in [4.78, 5) is 11.2. The number of hydrazine groups is 1. The number of hydrogen-bond donors (Lipinski definition) is 4. The number of hydrogen-bond acceptors (Lipinski definition) is 6. The molecule has 2 atom stereocenters. The first-order valence-electron chi connectivity index (χ1n) is 6.13. The van der Waals surface area contributed by atoms with Crippen molar-refractivity contribution < 1.29 is 14.3 Å². The van der Waals surface area contributed by atoms with E-state index in [1.807, 2.05) is 18.2 Å². The van der Waals surface area contributed by atoms with Gasteiger partial charge in [-0.1, -0.05) is 6.07 Å². The van der Waals surface area contributed by atoms with Gasteiger partial charge in [-0.05, 0) is 17.7 Å². The molecular weight excluding hydrogens is 248 g/mol. The molecule has 0 radical (unpaired) electrons. The molecular formula is C12H16N4O3. The van der Waals surface area contributed by atoms with Crippen molar-refractivity contribution in [2.24, 2.45) is 11.7 Å². The number of amides is 1. The van der Waals surface area contributed by atoms with Gasteiger partial charge < -0.3 is 15.2 Å². The highest BCUT2D eigenvalue weighted by Crippen LogP contribution is 2.32. The zero-order valence-electron chi connectivity index (χ0n) is 10.3. The summed E-state index contributed by atoms with van der Waals surface area (Å²) in [5, 5.41) is 3.25. The highest BCUT2D eigenvalue weighted by Gasteiger charge is 2.30. The molecule has 2 heterocycles. The number of carbonyl (C=O) groups excluding carboxylic acids is 1. The predicted octanol–water partition coefficient (Wildman–Crippen LogP) is -0.960. The fraction of sp³-hybridized carbons (Fsp3) is 0.417. The molecule has 7 nitrogen and oxygen atoms in total. The van der Waals surface area contributed by atoms with Crippen LogP contribution in [0.4, 0.5) is 0 Å². The van der Waals surface area contributed by atoms with Crippen molar-refractivity contribution in [1.29, 1.82) is 0 Å². The van der Waals surface area contributed by atoms with Gasteiger partial charge in [0, 0.05) is 13.1 Å². The number of benzene rings is 1. The summed E-state index contributed by atoms with van der Waals surface area (Å²) in [7, 11) is 0. The molecule has 5 N–H and O–H groups in total. The second-order valence-corrected chi connectivity index (χ2v) is 4.58. The van der Waals surface area contributed by atoms with Crippen molar-refractivity contribution in [3.05, 3.63) is 23.8 Å². The fourth-order valence-corrected chi connectivity index (χ4v) is 2.23. The molecule has 102 valence electrons. The van der Waals surface area contributed by atoms with Crippen LogP contribution in [-0.2, 0) is 11.3 Å². The number of rotatable bonds is 4. The number of carbonyl (C=O) groups is 1. The van der Waals surface area contributed by atoms with Crippen LogP contribution in [0.3, 0.4) is 0 Å². The second-order valence-electron chi connectivity index (χ2n) is 4.58. The molecule has 1 saturated heterocycles. The summed E-state index contributed by atoms with van der Waals surface area (Å²) in [5.74, 6) is 0.942. The van der Waals surface area contributed by atoms with Gasteiger partial charge >= 0.3 is 0 Å². The first kappa shape index (κ1) is 12.2. The van der Waals surface area contributed by atoms with Gasteiger partial charge in [-0.3, -0.25) is 15.5 Å². The van der Waals surface area contributed by atoms with E-state index in [0.717, 1.165) is 17.1 Å². The Bertz CT molecular complexity index is 494. The fourth-order valence-electron chi connectivity index (χ4n) is 2.23. The van der Waals surface area contributed by atoms with Crippen molar-refractivity contribution >= 4 is 5.91 Å². The number of ether oxygens (including phenoxy) is 2. The molecule has 2 aliphatic heterocycles. The molecule has 1 aromatic carbocycles. The molecule has 0 saturated carbocycles. The van der Waals surface area contributed by atoms with Gasteiger partial charge in [0.15, 0.2) is 11.5 Å². The maximum Gasteiger partial charge on any atom is 0.231 e. The Morgan fingerprint density at radius 1 is 1.42 bits per heavy atom. The molecule has 3 rings (SSSR count). The van der Waals surface area contributed by atoms with Crippen LogP contribution < -0.4 is 31.4 Å². The van der Waals surface area contributed by atoms with Crippen LogP contribution in [-0.4, -0.2) is 25.4 Å². The standard InChI is InChI=1S/C12H16N4O3/c13-11(17)8-5-15-16-12(8)14-4-7-1-2-9-10(3-7)19-6-18-9/h1-3,8,12,14-16H,4-6H2,(H2,13,17). The van der Waals surface area contributed by atoms with Gasteiger partial charge in [-0.25, -0.2) is 5.43 Å². The molecule has 0 spiro atoms. The van der Waals surface area contributed by atoms with Gasteiger partial charge in [0.2, 0.25) is 12.7 Å². The van der Waals surface area contributed by atoms with Gasteiger partial charge in [-0.15, -0.1) is 0 Å². The molecule has 1 aromatic rings. The van der Waals surface area contributed by atoms with Crippen LogP contribution in [0.2, 0.25) is 0 Å². The quantitative estimate of drug-likeness (QED) is 0.559. The van der Waals surface area contributed by atoms with E-state index >= 15 is 0 Å². The van der Waals surface area contributed by atoms with Crippen LogP contribution in [0.15, 0.2) is 18.2 Å². The van der Waals surface area contributed by atoms with Crippen molar-refractivity contribution in [2.45, 2.75) is 12.7 Å².